The standard InChI is InChI=1S/C21H26N2O4/c1-16(23-21(25)27-15-18-11-7-4-8-12-18)14-22-19(20(24)26-2)13-17-9-5-3-6-10-17/h3-12,16,19,22H,13-15H2,1-2H3,(H,23,25)/t16-,19-/m0/s1. The molecule has 2 rings (SSSR count). The van der Waals surface area contributed by atoms with Gasteiger partial charge in [-0.25, -0.2) is 4.79 Å². The lowest BCUT2D eigenvalue weighted by Crippen LogP contribution is -2.47. The monoisotopic (exact) mass is 370 g/mol. The van der Waals surface area contributed by atoms with Gasteiger partial charge in [0.15, 0.2) is 0 Å². The Bertz CT molecular complexity index is 707. The van der Waals surface area contributed by atoms with Gasteiger partial charge in [-0.1, -0.05) is 60.7 Å². The minimum absolute atomic E-state index is 0.212. The summed E-state index contributed by atoms with van der Waals surface area (Å²) in [4.78, 5) is 23.9. The smallest absolute Gasteiger partial charge is 0.407 e. The number of hydrogen-bond acceptors (Lipinski definition) is 5. The molecule has 0 aromatic heterocycles. The molecule has 0 radical (unpaired) electrons. The Morgan fingerprint density at radius 1 is 0.963 bits per heavy atom. The van der Waals surface area contributed by atoms with Gasteiger partial charge in [-0.15, -0.1) is 0 Å². The van der Waals surface area contributed by atoms with Crippen LogP contribution in [0.4, 0.5) is 4.79 Å². The number of nitrogens with one attached hydrogen (secondary N) is 2. The van der Waals surface area contributed by atoms with E-state index in [2.05, 4.69) is 10.6 Å². The molecule has 0 saturated carbocycles. The first-order chi connectivity index (χ1) is 13.1. The van der Waals surface area contributed by atoms with E-state index in [1.165, 1.54) is 7.11 Å². The summed E-state index contributed by atoms with van der Waals surface area (Å²) >= 11 is 0. The predicted molar refractivity (Wildman–Crippen MR) is 103 cm³/mol. The van der Waals surface area contributed by atoms with Crippen LogP contribution in [0.15, 0.2) is 60.7 Å². The van der Waals surface area contributed by atoms with Crippen LogP contribution in [0.3, 0.4) is 0 Å². The molecule has 2 N–H and O–H groups in total. The Balaban J connectivity index is 1.77. The van der Waals surface area contributed by atoms with Crippen LogP contribution in [0.1, 0.15) is 18.1 Å². The summed E-state index contributed by atoms with van der Waals surface area (Å²) in [7, 11) is 1.37. The summed E-state index contributed by atoms with van der Waals surface area (Å²) in [5, 5.41) is 5.90. The fourth-order valence-electron chi connectivity index (χ4n) is 2.57. The average molecular weight is 370 g/mol. The second kappa shape index (κ2) is 11.0. The highest BCUT2D eigenvalue weighted by atomic mass is 16.5. The van der Waals surface area contributed by atoms with Crippen molar-refractivity contribution in [1.82, 2.24) is 10.6 Å². The van der Waals surface area contributed by atoms with Crippen molar-refractivity contribution in [3.8, 4) is 0 Å². The number of benzene rings is 2. The molecule has 0 aliphatic carbocycles. The molecule has 0 spiro atoms. The molecule has 6 heteroatoms. The number of amides is 1. The molecule has 0 heterocycles. The summed E-state index contributed by atoms with van der Waals surface area (Å²) in [5.41, 5.74) is 1.95. The highest BCUT2D eigenvalue weighted by Gasteiger charge is 2.20. The number of carbonyl (C=O) groups excluding carboxylic acids is 2. The zero-order chi connectivity index (χ0) is 19.5. The molecule has 0 unspecified atom stereocenters. The molecule has 0 aliphatic rings. The maximum Gasteiger partial charge on any atom is 0.407 e. The van der Waals surface area contributed by atoms with Gasteiger partial charge in [-0.3, -0.25) is 4.79 Å². The van der Waals surface area contributed by atoms with Crippen LogP contribution in [0, 0.1) is 0 Å². The summed E-state index contributed by atoms with van der Waals surface area (Å²) in [5.74, 6) is -0.335. The van der Waals surface area contributed by atoms with E-state index in [4.69, 9.17) is 9.47 Å². The second-order valence-corrected chi connectivity index (χ2v) is 6.28. The Labute approximate surface area is 159 Å². The molecule has 1 amide bonds. The molecule has 0 saturated heterocycles. The van der Waals surface area contributed by atoms with Gasteiger partial charge in [-0.05, 0) is 24.5 Å². The van der Waals surface area contributed by atoms with E-state index in [-0.39, 0.29) is 18.6 Å². The number of alkyl carbamates (subject to hydrolysis) is 1. The molecular weight excluding hydrogens is 344 g/mol. The van der Waals surface area contributed by atoms with Crippen LogP contribution in [0.5, 0.6) is 0 Å². The Morgan fingerprint density at radius 3 is 2.15 bits per heavy atom. The first-order valence-electron chi connectivity index (χ1n) is 8.91. The fourth-order valence-corrected chi connectivity index (χ4v) is 2.57. The maximum atomic E-state index is 12.0. The normalized spacial score (nSPS) is 12.7. The number of ether oxygens (including phenoxy) is 2. The molecular formula is C21H26N2O4. The molecule has 6 nitrogen and oxygen atoms in total. The molecule has 27 heavy (non-hydrogen) atoms. The SMILES string of the molecule is COC(=O)[C@H](Cc1ccccc1)NC[C@H](C)NC(=O)OCc1ccccc1. The topological polar surface area (TPSA) is 76.7 Å². The van der Waals surface area contributed by atoms with E-state index in [0.717, 1.165) is 11.1 Å². The highest BCUT2D eigenvalue weighted by Crippen LogP contribution is 2.05. The van der Waals surface area contributed by atoms with Crippen molar-refractivity contribution >= 4 is 12.1 Å². The van der Waals surface area contributed by atoms with Crippen molar-refractivity contribution in [2.75, 3.05) is 13.7 Å². The van der Waals surface area contributed by atoms with Gasteiger partial charge in [0, 0.05) is 12.6 Å². The number of rotatable bonds is 9. The highest BCUT2D eigenvalue weighted by molar-refractivity contribution is 5.76. The van der Waals surface area contributed by atoms with Gasteiger partial charge >= 0.3 is 12.1 Å². The first kappa shape index (κ1) is 20.5. The molecule has 2 aromatic rings. The lowest BCUT2D eigenvalue weighted by molar-refractivity contribution is -0.143. The lowest BCUT2D eigenvalue weighted by Gasteiger charge is -2.20. The van der Waals surface area contributed by atoms with Gasteiger partial charge in [0.05, 0.1) is 7.11 Å². The van der Waals surface area contributed by atoms with Crippen molar-refractivity contribution < 1.29 is 19.1 Å². The molecule has 144 valence electrons. The molecule has 0 aliphatic heterocycles. The fraction of sp³-hybridized carbons (Fsp3) is 0.333. The average Bonchev–Trinajstić information content (AvgIpc) is 2.70. The van der Waals surface area contributed by atoms with E-state index in [9.17, 15) is 9.59 Å². The van der Waals surface area contributed by atoms with E-state index in [1.807, 2.05) is 67.6 Å². The molecule has 2 atom stereocenters. The predicted octanol–water partition coefficient (Wildman–Crippen LogP) is 2.68. The summed E-state index contributed by atoms with van der Waals surface area (Å²) in [6.07, 6.45) is 0.0180. The van der Waals surface area contributed by atoms with Gasteiger partial charge in [0.2, 0.25) is 0 Å². The Kier molecular flexibility index (Phi) is 8.32. The van der Waals surface area contributed by atoms with Crippen LogP contribution in [-0.2, 0) is 27.3 Å². The van der Waals surface area contributed by atoms with E-state index < -0.39 is 12.1 Å². The molecule has 0 bridgehead atoms. The van der Waals surface area contributed by atoms with Crippen LogP contribution < -0.4 is 10.6 Å². The third-order valence-electron chi connectivity index (χ3n) is 4.02. The Hall–Kier alpha value is -2.86. The Morgan fingerprint density at radius 2 is 1.56 bits per heavy atom. The van der Waals surface area contributed by atoms with Crippen molar-refractivity contribution in [3.63, 3.8) is 0 Å². The second-order valence-electron chi connectivity index (χ2n) is 6.28. The first-order valence-corrected chi connectivity index (χ1v) is 8.91. The van der Waals surface area contributed by atoms with E-state index >= 15 is 0 Å². The molecule has 0 fully saturated rings. The summed E-state index contributed by atoms with van der Waals surface area (Å²) < 4.78 is 10.1. The molecule has 2 aromatic carbocycles. The van der Waals surface area contributed by atoms with Crippen LogP contribution >= 0.6 is 0 Å². The zero-order valence-corrected chi connectivity index (χ0v) is 15.7. The number of carbonyl (C=O) groups is 2. The third kappa shape index (κ3) is 7.50. The number of methoxy groups -OCH3 is 1. The summed E-state index contributed by atoms with van der Waals surface area (Å²) in [6.45, 7) is 2.46. The number of esters is 1. The van der Waals surface area contributed by atoms with Crippen molar-refractivity contribution in [2.45, 2.75) is 32.0 Å². The van der Waals surface area contributed by atoms with Gasteiger partial charge in [-0.2, -0.15) is 0 Å². The van der Waals surface area contributed by atoms with E-state index in [0.29, 0.717) is 13.0 Å². The zero-order valence-electron chi connectivity index (χ0n) is 15.7. The maximum absolute atomic E-state index is 12.0. The van der Waals surface area contributed by atoms with Crippen LogP contribution in [0.25, 0.3) is 0 Å². The van der Waals surface area contributed by atoms with Crippen molar-refractivity contribution in [1.29, 1.82) is 0 Å². The van der Waals surface area contributed by atoms with Gasteiger partial charge in [0.1, 0.15) is 12.6 Å². The van der Waals surface area contributed by atoms with Crippen molar-refractivity contribution in [3.05, 3.63) is 71.8 Å². The largest absolute Gasteiger partial charge is 0.468 e. The quantitative estimate of drug-likeness (QED) is 0.664. The number of hydrogen-bond donors (Lipinski definition) is 2. The lowest BCUT2D eigenvalue weighted by atomic mass is 10.1. The summed E-state index contributed by atoms with van der Waals surface area (Å²) in [6, 6.07) is 18.5. The van der Waals surface area contributed by atoms with Crippen molar-refractivity contribution in [2.24, 2.45) is 0 Å². The van der Waals surface area contributed by atoms with Gasteiger partial charge < -0.3 is 20.1 Å². The van der Waals surface area contributed by atoms with Gasteiger partial charge in [0.25, 0.3) is 0 Å². The van der Waals surface area contributed by atoms with Crippen LogP contribution in [0.2, 0.25) is 0 Å². The minimum Gasteiger partial charge on any atom is -0.468 e. The van der Waals surface area contributed by atoms with Crippen LogP contribution in [-0.4, -0.2) is 37.8 Å². The minimum atomic E-state index is -0.495. The third-order valence-corrected chi connectivity index (χ3v) is 4.02. The van der Waals surface area contributed by atoms with E-state index in [1.54, 1.807) is 0 Å².